The first kappa shape index (κ1) is 8.51. The monoisotopic (exact) mass is 235 g/mol. The SMILES string of the molecule is [2H][N+]([2H])([2H])[C@@H]1CC[C@H](C(=O)O)[C@@H](C(=O)O)[C@H]1C(=O)O. The highest BCUT2D eigenvalue weighted by atomic mass is 16.4. The predicted octanol–water partition coefficient (Wildman–Crippen LogP) is -1.51. The molecule has 1 aliphatic rings. The summed E-state index contributed by atoms with van der Waals surface area (Å²) in [5, 5.41) is 27.1. The summed E-state index contributed by atoms with van der Waals surface area (Å²) in [5.74, 6) is -9.50. The first-order valence-electron chi connectivity index (χ1n) is 6.07. The smallest absolute Gasteiger partial charge is 0.344 e. The Hall–Kier alpha value is -1.63. The highest BCUT2D eigenvalue weighted by molar-refractivity contribution is 5.86. The van der Waals surface area contributed by atoms with Crippen LogP contribution in [0.4, 0.5) is 0 Å². The van der Waals surface area contributed by atoms with Crippen molar-refractivity contribution in [2.24, 2.45) is 17.8 Å². The fraction of sp³-hybridized carbons (Fsp3) is 0.667. The van der Waals surface area contributed by atoms with Crippen molar-refractivity contribution in [2.45, 2.75) is 18.9 Å². The van der Waals surface area contributed by atoms with Crippen LogP contribution >= 0.6 is 0 Å². The van der Waals surface area contributed by atoms with Gasteiger partial charge in [0, 0.05) is 6.42 Å². The molecule has 0 aliphatic heterocycles. The van der Waals surface area contributed by atoms with E-state index < -0.39 is 47.4 Å². The zero-order chi connectivity index (χ0) is 15.0. The molecule has 16 heavy (non-hydrogen) atoms. The Morgan fingerprint density at radius 1 is 1.00 bits per heavy atom. The van der Waals surface area contributed by atoms with Gasteiger partial charge in [0.15, 0.2) is 0 Å². The molecule has 0 unspecified atom stereocenters. The Bertz CT molecular complexity index is 409. The highest BCUT2D eigenvalue weighted by Gasteiger charge is 2.50. The molecule has 0 saturated heterocycles. The summed E-state index contributed by atoms with van der Waals surface area (Å²) >= 11 is 0. The van der Waals surface area contributed by atoms with Crippen molar-refractivity contribution in [3.8, 4) is 0 Å². The van der Waals surface area contributed by atoms with Gasteiger partial charge in [-0.2, -0.15) is 0 Å². The van der Waals surface area contributed by atoms with Gasteiger partial charge in [-0.1, -0.05) is 0 Å². The Morgan fingerprint density at radius 3 is 1.94 bits per heavy atom. The lowest BCUT2D eigenvalue weighted by Crippen LogP contribution is -2.70. The fourth-order valence-corrected chi connectivity index (χ4v) is 2.12. The van der Waals surface area contributed by atoms with E-state index in [4.69, 9.17) is 19.6 Å². The number of carbonyl (C=O) groups is 3. The minimum atomic E-state index is -1.95. The standard InChI is InChI=1S/C9H13NO6/c10-4-2-1-3(7(11)12)5(8(13)14)6(4)9(15)16/h3-6H,1-2,10H2,(H,11,12)(H,13,14)(H,15,16)/p+1/t3-,4+,5+,6-/m0/s1/i/hD3. The quantitative estimate of drug-likeness (QED) is 0.467. The molecule has 0 aromatic carbocycles. The van der Waals surface area contributed by atoms with Crippen LogP contribution in [0.5, 0.6) is 0 Å². The van der Waals surface area contributed by atoms with Crippen molar-refractivity contribution in [2.75, 3.05) is 0 Å². The third kappa shape index (κ3) is 2.13. The highest BCUT2D eigenvalue weighted by Crippen LogP contribution is 2.34. The number of carboxylic acids is 3. The normalized spacial score (nSPS) is 37.9. The average Bonchev–Trinajstić information content (AvgIpc) is 2.25. The maximum Gasteiger partial charge on any atom is 0.344 e. The van der Waals surface area contributed by atoms with Crippen LogP contribution in [0.25, 0.3) is 0 Å². The molecular formula is C9H14NO6+. The van der Waals surface area contributed by atoms with Crippen LogP contribution in [-0.4, -0.2) is 39.3 Å². The summed E-state index contributed by atoms with van der Waals surface area (Å²) in [4.78, 5) is 33.3. The molecule has 7 nitrogen and oxygen atoms in total. The Balaban J connectivity index is 3.22. The largest absolute Gasteiger partial charge is 0.481 e. The number of quaternary nitrogens is 1. The second-order valence-corrected chi connectivity index (χ2v) is 3.82. The molecule has 0 radical (unpaired) electrons. The van der Waals surface area contributed by atoms with E-state index in [2.05, 4.69) is 0 Å². The van der Waals surface area contributed by atoms with E-state index in [-0.39, 0.29) is 12.8 Å². The van der Waals surface area contributed by atoms with Crippen LogP contribution in [0.2, 0.25) is 4.24 Å². The van der Waals surface area contributed by atoms with Gasteiger partial charge in [0.2, 0.25) is 0 Å². The van der Waals surface area contributed by atoms with Crippen molar-refractivity contribution in [3.63, 3.8) is 0 Å². The maximum absolute atomic E-state index is 11.2. The zero-order valence-corrected chi connectivity index (χ0v) is 8.24. The summed E-state index contributed by atoms with van der Waals surface area (Å²) in [6.45, 7) is 0. The molecule has 90 valence electrons. The number of hydrogen-bond donors (Lipinski definition) is 4. The molecule has 6 N–H and O–H groups in total. The molecule has 7 heteroatoms. The minimum Gasteiger partial charge on any atom is -0.481 e. The first-order valence-corrected chi connectivity index (χ1v) is 4.72. The van der Waals surface area contributed by atoms with Crippen molar-refractivity contribution in [3.05, 3.63) is 0 Å². The molecule has 1 saturated carbocycles. The van der Waals surface area contributed by atoms with Gasteiger partial charge >= 0.3 is 22.1 Å². The van der Waals surface area contributed by atoms with Gasteiger partial charge in [0.25, 0.3) is 0 Å². The van der Waals surface area contributed by atoms with E-state index in [9.17, 15) is 14.4 Å². The van der Waals surface area contributed by atoms with E-state index in [1.54, 1.807) is 0 Å². The summed E-state index contributed by atoms with van der Waals surface area (Å²) < 4.78 is 21.7. The van der Waals surface area contributed by atoms with E-state index >= 15 is 0 Å². The minimum absolute atomic E-state index is 0.169. The predicted molar refractivity (Wildman–Crippen MR) is 49.3 cm³/mol. The Kier molecular flexibility index (Phi) is 2.38. The van der Waals surface area contributed by atoms with Gasteiger partial charge in [0.1, 0.15) is 5.92 Å². The van der Waals surface area contributed by atoms with Crippen molar-refractivity contribution >= 4 is 17.9 Å². The second-order valence-electron chi connectivity index (χ2n) is 3.82. The van der Waals surface area contributed by atoms with E-state index in [0.717, 1.165) is 0 Å². The first-order chi connectivity index (χ1) is 8.57. The fourth-order valence-electron chi connectivity index (χ4n) is 2.12. The summed E-state index contributed by atoms with van der Waals surface area (Å²) in [5.41, 5.74) is -1.95. The molecule has 1 rings (SSSR count). The Labute approximate surface area is 95.2 Å². The van der Waals surface area contributed by atoms with Crippen molar-refractivity contribution < 1.29 is 39.7 Å². The average molecular weight is 235 g/mol. The molecular weight excluding hydrogens is 218 g/mol. The molecule has 1 fully saturated rings. The van der Waals surface area contributed by atoms with Crippen LogP contribution in [0, 0.1) is 17.8 Å². The van der Waals surface area contributed by atoms with Crippen LogP contribution in [-0.2, 0) is 14.4 Å². The second kappa shape index (κ2) is 4.48. The van der Waals surface area contributed by atoms with E-state index in [1.165, 1.54) is 0 Å². The number of aliphatic carboxylic acids is 3. The summed E-state index contributed by atoms with van der Waals surface area (Å²) in [7, 11) is 0. The van der Waals surface area contributed by atoms with Crippen LogP contribution in [0.3, 0.4) is 0 Å². The molecule has 1 aliphatic carbocycles. The van der Waals surface area contributed by atoms with Crippen molar-refractivity contribution in [1.29, 1.82) is 0 Å². The molecule has 0 spiro atoms. The van der Waals surface area contributed by atoms with Gasteiger partial charge in [-0.05, 0) is 6.42 Å². The zero-order valence-electron chi connectivity index (χ0n) is 11.2. The molecule has 4 atom stereocenters. The molecule has 0 amide bonds. The topological polar surface area (TPSA) is 140 Å². The molecule has 0 heterocycles. The van der Waals surface area contributed by atoms with Gasteiger partial charge in [-0.15, -0.1) is 0 Å². The lowest BCUT2D eigenvalue weighted by atomic mass is 9.69. The third-order valence-electron chi connectivity index (χ3n) is 2.90. The number of carboxylic acid groups (broad SMARTS) is 3. The lowest BCUT2D eigenvalue weighted by Gasteiger charge is -2.32. The number of hydrogen-bond acceptors (Lipinski definition) is 3. The molecule has 0 aromatic rings. The van der Waals surface area contributed by atoms with Crippen molar-refractivity contribution in [1.82, 2.24) is 0 Å². The van der Waals surface area contributed by atoms with E-state index in [0.29, 0.717) is 0 Å². The summed E-state index contributed by atoms with van der Waals surface area (Å²) in [6.07, 6.45) is -0.342. The molecule has 0 bridgehead atoms. The van der Waals surface area contributed by atoms with Crippen LogP contribution in [0.1, 0.15) is 12.8 Å². The number of rotatable bonds is 4. The van der Waals surface area contributed by atoms with Gasteiger partial charge in [-0.25, -0.2) is 0 Å². The Morgan fingerprint density at radius 2 is 1.56 bits per heavy atom. The van der Waals surface area contributed by atoms with Gasteiger partial charge in [-0.3, -0.25) is 14.4 Å². The third-order valence-corrected chi connectivity index (χ3v) is 2.90. The molecule has 0 aromatic heterocycles. The summed E-state index contributed by atoms with van der Waals surface area (Å²) in [6, 6.07) is -1.41. The van der Waals surface area contributed by atoms with Gasteiger partial charge in [0.05, 0.1) is 17.9 Å². The van der Waals surface area contributed by atoms with Gasteiger partial charge < -0.3 is 21.0 Å². The van der Waals surface area contributed by atoms with Crippen LogP contribution < -0.4 is 5.71 Å². The van der Waals surface area contributed by atoms with Crippen LogP contribution in [0.15, 0.2) is 0 Å². The lowest BCUT2D eigenvalue weighted by molar-refractivity contribution is -0.438. The maximum atomic E-state index is 11.2. The van der Waals surface area contributed by atoms with E-state index in [1.807, 2.05) is 0 Å².